The van der Waals surface area contributed by atoms with Gasteiger partial charge in [0.05, 0.1) is 18.8 Å². The van der Waals surface area contributed by atoms with Crippen molar-refractivity contribution in [2.75, 3.05) is 18.6 Å². The highest BCUT2D eigenvalue weighted by molar-refractivity contribution is 5.98. The molecule has 1 heterocycles. The van der Waals surface area contributed by atoms with Crippen LogP contribution in [0, 0.1) is 5.82 Å². The maximum atomic E-state index is 13.7. The van der Waals surface area contributed by atoms with E-state index in [1.807, 2.05) is 12.1 Å². The molecule has 2 amide bonds. The molecule has 1 N–H and O–H groups in total. The topological polar surface area (TPSA) is 67.9 Å². The van der Waals surface area contributed by atoms with E-state index in [0.29, 0.717) is 18.0 Å². The molecule has 27 heavy (non-hydrogen) atoms. The fourth-order valence-electron chi connectivity index (χ4n) is 2.99. The van der Waals surface area contributed by atoms with Gasteiger partial charge in [0.15, 0.2) is 17.7 Å². The van der Waals surface area contributed by atoms with Crippen LogP contribution < -0.4 is 19.7 Å². The number of nitrogens with zero attached hydrogens (tertiary/aromatic N) is 1. The molecule has 2 aromatic rings. The van der Waals surface area contributed by atoms with Crippen molar-refractivity contribution >= 4 is 17.5 Å². The third-order valence-corrected chi connectivity index (χ3v) is 4.36. The maximum Gasteiger partial charge on any atom is 0.261 e. The van der Waals surface area contributed by atoms with E-state index in [1.54, 1.807) is 36.3 Å². The molecule has 6 nitrogen and oxygen atoms in total. The Kier molecular flexibility index (Phi) is 5.59. The second-order valence-corrected chi connectivity index (χ2v) is 6.28. The summed E-state index contributed by atoms with van der Waals surface area (Å²) >= 11 is 0. The minimum atomic E-state index is -0.891. The highest BCUT2D eigenvalue weighted by atomic mass is 19.1. The van der Waals surface area contributed by atoms with E-state index >= 15 is 0 Å². The van der Waals surface area contributed by atoms with E-state index < -0.39 is 17.8 Å². The second kappa shape index (κ2) is 8.07. The van der Waals surface area contributed by atoms with Gasteiger partial charge >= 0.3 is 0 Å². The first-order valence-corrected chi connectivity index (χ1v) is 8.64. The third-order valence-electron chi connectivity index (χ3n) is 4.36. The van der Waals surface area contributed by atoms with Crippen LogP contribution >= 0.6 is 0 Å². The van der Waals surface area contributed by atoms with Crippen LogP contribution in [-0.4, -0.2) is 37.6 Å². The predicted octanol–water partition coefficient (Wildman–Crippen LogP) is 2.52. The largest absolute Gasteiger partial charge is 0.495 e. The highest BCUT2D eigenvalue weighted by Gasteiger charge is 2.34. The Morgan fingerprint density at radius 3 is 2.56 bits per heavy atom. The molecule has 0 aromatic heterocycles. The quantitative estimate of drug-likeness (QED) is 0.846. The number of carbonyl (C=O) groups excluding carboxylic acids is 2. The Hall–Kier alpha value is -3.09. The minimum Gasteiger partial charge on any atom is -0.495 e. The number of hydrogen-bond acceptors (Lipinski definition) is 4. The van der Waals surface area contributed by atoms with E-state index in [1.165, 1.54) is 19.1 Å². The average Bonchev–Trinajstić information content (AvgIpc) is 3.03. The molecule has 1 aliphatic heterocycles. The molecule has 3 rings (SSSR count). The van der Waals surface area contributed by atoms with Crippen molar-refractivity contribution in [3.63, 3.8) is 0 Å². The SMILES string of the molecule is COc1ccccc1N1C[C@@H](NC(=O)[C@@H](C)Oc2ccccc2F)CC1=O. The molecule has 2 atom stereocenters. The van der Waals surface area contributed by atoms with Gasteiger partial charge in [-0.3, -0.25) is 9.59 Å². The molecule has 1 saturated heterocycles. The molecular weight excluding hydrogens is 351 g/mol. The van der Waals surface area contributed by atoms with Gasteiger partial charge in [-0.25, -0.2) is 4.39 Å². The smallest absolute Gasteiger partial charge is 0.261 e. The number of amides is 2. The van der Waals surface area contributed by atoms with Crippen LogP contribution in [0.5, 0.6) is 11.5 Å². The lowest BCUT2D eigenvalue weighted by Crippen LogP contribution is -2.43. The molecular formula is C20H21FN2O4. The number of hydrogen-bond donors (Lipinski definition) is 1. The van der Waals surface area contributed by atoms with Crippen LogP contribution in [0.3, 0.4) is 0 Å². The number of ether oxygens (including phenoxy) is 2. The van der Waals surface area contributed by atoms with Gasteiger partial charge in [-0.1, -0.05) is 24.3 Å². The van der Waals surface area contributed by atoms with Crippen molar-refractivity contribution in [3.05, 3.63) is 54.3 Å². The number of anilines is 1. The summed E-state index contributed by atoms with van der Waals surface area (Å²) in [5.41, 5.74) is 0.664. The number of carbonyl (C=O) groups is 2. The third kappa shape index (κ3) is 4.19. The van der Waals surface area contributed by atoms with Crippen LogP contribution in [-0.2, 0) is 9.59 Å². The number of nitrogens with one attached hydrogen (secondary N) is 1. The van der Waals surface area contributed by atoms with Gasteiger partial charge in [0.25, 0.3) is 5.91 Å². The van der Waals surface area contributed by atoms with Crippen LogP contribution in [0.2, 0.25) is 0 Å². The molecule has 0 aliphatic carbocycles. The normalized spacial score (nSPS) is 17.5. The summed E-state index contributed by atoms with van der Waals surface area (Å²) < 4.78 is 24.3. The molecule has 142 valence electrons. The molecule has 2 aromatic carbocycles. The second-order valence-electron chi connectivity index (χ2n) is 6.28. The Bertz CT molecular complexity index is 842. The summed E-state index contributed by atoms with van der Waals surface area (Å²) in [6, 6.07) is 12.8. The number of benzene rings is 2. The van der Waals surface area contributed by atoms with Crippen LogP contribution in [0.15, 0.2) is 48.5 Å². The lowest BCUT2D eigenvalue weighted by Gasteiger charge is -2.21. The van der Waals surface area contributed by atoms with Gasteiger partial charge in [-0.05, 0) is 31.2 Å². The Balaban J connectivity index is 1.62. The van der Waals surface area contributed by atoms with Crippen molar-refractivity contribution < 1.29 is 23.5 Å². The van der Waals surface area contributed by atoms with E-state index in [4.69, 9.17) is 9.47 Å². The molecule has 0 radical (unpaired) electrons. The van der Waals surface area contributed by atoms with E-state index in [9.17, 15) is 14.0 Å². The van der Waals surface area contributed by atoms with Crippen molar-refractivity contribution in [2.24, 2.45) is 0 Å². The van der Waals surface area contributed by atoms with Gasteiger partial charge in [-0.15, -0.1) is 0 Å². The standard InChI is InChI=1S/C20H21FN2O4/c1-13(27-17-9-5-3-7-15(17)21)20(25)22-14-11-19(24)23(12-14)16-8-4-6-10-18(16)26-2/h3-10,13-14H,11-12H2,1-2H3,(H,22,25)/t13-,14+/m1/s1. The van der Waals surface area contributed by atoms with Gasteiger partial charge < -0.3 is 19.7 Å². The average molecular weight is 372 g/mol. The minimum absolute atomic E-state index is 0.0123. The van der Waals surface area contributed by atoms with Gasteiger partial charge in [0.2, 0.25) is 5.91 Å². The molecule has 0 bridgehead atoms. The molecule has 0 spiro atoms. The monoisotopic (exact) mass is 372 g/mol. The number of halogens is 1. The zero-order chi connectivity index (χ0) is 19.4. The fourth-order valence-corrected chi connectivity index (χ4v) is 2.99. The van der Waals surface area contributed by atoms with Crippen LogP contribution in [0.25, 0.3) is 0 Å². The summed E-state index contributed by atoms with van der Waals surface area (Å²) in [7, 11) is 1.54. The lowest BCUT2D eigenvalue weighted by molar-refractivity contribution is -0.128. The Morgan fingerprint density at radius 1 is 1.19 bits per heavy atom. The molecule has 0 unspecified atom stereocenters. The predicted molar refractivity (Wildman–Crippen MR) is 98.4 cm³/mol. The highest BCUT2D eigenvalue weighted by Crippen LogP contribution is 2.31. The molecule has 1 fully saturated rings. The first kappa shape index (κ1) is 18.7. The van der Waals surface area contributed by atoms with Crippen LogP contribution in [0.4, 0.5) is 10.1 Å². The van der Waals surface area contributed by atoms with Crippen molar-refractivity contribution in [3.8, 4) is 11.5 Å². The summed E-state index contributed by atoms with van der Waals surface area (Å²) in [5.74, 6) is -0.437. The van der Waals surface area contributed by atoms with Crippen molar-refractivity contribution in [1.82, 2.24) is 5.32 Å². The summed E-state index contributed by atoms with van der Waals surface area (Å²) in [4.78, 5) is 26.3. The van der Waals surface area contributed by atoms with E-state index in [-0.39, 0.29) is 24.1 Å². The number of rotatable bonds is 6. The van der Waals surface area contributed by atoms with Gasteiger partial charge in [0.1, 0.15) is 5.75 Å². The zero-order valence-electron chi connectivity index (χ0n) is 15.1. The first-order valence-electron chi connectivity index (χ1n) is 8.64. The summed E-state index contributed by atoms with van der Waals surface area (Å²) in [5, 5.41) is 2.80. The zero-order valence-corrected chi connectivity index (χ0v) is 15.1. The first-order chi connectivity index (χ1) is 13.0. The molecule has 0 saturated carbocycles. The number of para-hydroxylation sites is 3. The summed E-state index contributed by atoms with van der Waals surface area (Å²) in [6.07, 6.45) is -0.715. The van der Waals surface area contributed by atoms with Crippen LogP contribution in [0.1, 0.15) is 13.3 Å². The van der Waals surface area contributed by atoms with Crippen molar-refractivity contribution in [1.29, 1.82) is 0 Å². The molecule has 1 aliphatic rings. The fraction of sp³-hybridized carbons (Fsp3) is 0.300. The lowest BCUT2D eigenvalue weighted by atomic mass is 10.2. The van der Waals surface area contributed by atoms with Gasteiger partial charge in [0, 0.05) is 13.0 Å². The van der Waals surface area contributed by atoms with Crippen molar-refractivity contribution in [2.45, 2.75) is 25.5 Å². The van der Waals surface area contributed by atoms with E-state index in [2.05, 4.69) is 5.32 Å². The molecule has 7 heteroatoms. The van der Waals surface area contributed by atoms with E-state index in [0.717, 1.165) is 0 Å². The number of methoxy groups -OCH3 is 1. The Labute approximate surface area is 156 Å². The maximum absolute atomic E-state index is 13.7. The van der Waals surface area contributed by atoms with Gasteiger partial charge in [-0.2, -0.15) is 0 Å². The Morgan fingerprint density at radius 2 is 1.85 bits per heavy atom. The summed E-state index contributed by atoms with van der Waals surface area (Å²) in [6.45, 7) is 1.87.